The maximum Gasteiger partial charge on any atom is 0.320 e. The minimum absolute atomic E-state index is 0.102. The lowest BCUT2D eigenvalue weighted by Crippen LogP contribution is -2.42. The number of nitrogens with zero attached hydrogens (tertiary/aromatic N) is 2. The number of benzene rings is 1. The fraction of sp³-hybridized carbons (Fsp3) is 0.607. The number of piperidine rings is 1. The lowest BCUT2D eigenvalue weighted by atomic mass is 9.87. The van der Waals surface area contributed by atoms with Crippen molar-refractivity contribution in [3.05, 3.63) is 53.2 Å². The number of hydrogen-bond donors (Lipinski definition) is 1. The second-order valence-corrected chi connectivity index (χ2v) is 14.5. The summed E-state index contributed by atoms with van der Waals surface area (Å²) in [5.74, 6) is 0.471. The Bertz CT molecular complexity index is 1160. The minimum atomic E-state index is -3.19. The summed E-state index contributed by atoms with van der Waals surface area (Å²) in [5, 5.41) is 11.8. The Morgan fingerprint density at radius 3 is 2.51 bits per heavy atom. The van der Waals surface area contributed by atoms with Gasteiger partial charge >= 0.3 is 5.97 Å². The van der Waals surface area contributed by atoms with Crippen LogP contribution in [-0.4, -0.2) is 73.8 Å². The van der Waals surface area contributed by atoms with Crippen LogP contribution in [0.15, 0.2) is 46.0 Å². The standard InChI is InChI=1S/C28H37FN2O4S2/c29-24-4-1-3-22(16-24)25-19-31(26(28(32)33)15-21-6-7-21)18-23(25)17-30-11-8-20(9-12-30)10-14-37(34,35)27-5-2-13-36-27/h1-5,13,16,20-21,23,25-26H,6-12,14-15,17-19H2,(H,32,33)/t23-,25+,26-/m0/s1. The van der Waals surface area contributed by atoms with E-state index in [9.17, 15) is 22.7 Å². The molecule has 5 rings (SSSR count). The highest BCUT2D eigenvalue weighted by atomic mass is 32.2. The molecule has 3 aliphatic rings. The second kappa shape index (κ2) is 11.5. The number of rotatable bonds is 11. The first-order valence-corrected chi connectivity index (χ1v) is 16.0. The maximum atomic E-state index is 14.1. The fourth-order valence-electron chi connectivity index (χ4n) is 6.19. The van der Waals surface area contributed by atoms with Crippen molar-refractivity contribution in [2.45, 2.75) is 54.7 Å². The van der Waals surface area contributed by atoms with Gasteiger partial charge in [0.1, 0.15) is 16.1 Å². The van der Waals surface area contributed by atoms with Crippen molar-refractivity contribution in [3.8, 4) is 0 Å². The molecule has 3 fully saturated rings. The van der Waals surface area contributed by atoms with Crippen molar-refractivity contribution in [1.29, 1.82) is 0 Å². The molecule has 1 saturated carbocycles. The zero-order chi connectivity index (χ0) is 26.0. The van der Waals surface area contributed by atoms with Crippen molar-refractivity contribution in [2.75, 3.05) is 38.5 Å². The molecule has 37 heavy (non-hydrogen) atoms. The number of carboxylic acids is 1. The summed E-state index contributed by atoms with van der Waals surface area (Å²) in [4.78, 5) is 16.7. The predicted octanol–water partition coefficient (Wildman–Crippen LogP) is 4.73. The van der Waals surface area contributed by atoms with Crippen LogP contribution in [-0.2, 0) is 14.6 Å². The van der Waals surface area contributed by atoms with Gasteiger partial charge in [0, 0.05) is 25.6 Å². The van der Waals surface area contributed by atoms with Crippen molar-refractivity contribution < 1.29 is 22.7 Å². The van der Waals surface area contributed by atoms with Gasteiger partial charge in [0.25, 0.3) is 0 Å². The van der Waals surface area contributed by atoms with E-state index in [1.54, 1.807) is 29.6 Å². The molecule has 2 aliphatic heterocycles. The molecule has 1 aliphatic carbocycles. The fourth-order valence-corrected chi connectivity index (χ4v) is 8.77. The van der Waals surface area contributed by atoms with Gasteiger partial charge in [-0.3, -0.25) is 9.69 Å². The van der Waals surface area contributed by atoms with Crippen LogP contribution in [0.5, 0.6) is 0 Å². The van der Waals surface area contributed by atoms with E-state index < -0.39 is 21.8 Å². The number of sulfone groups is 1. The zero-order valence-electron chi connectivity index (χ0n) is 21.2. The Labute approximate surface area is 223 Å². The Morgan fingerprint density at radius 1 is 1.08 bits per heavy atom. The van der Waals surface area contributed by atoms with Crippen molar-refractivity contribution in [1.82, 2.24) is 9.80 Å². The van der Waals surface area contributed by atoms with Crippen LogP contribution < -0.4 is 0 Å². The number of thiophene rings is 1. The van der Waals surface area contributed by atoms with Gasteiger partial charge in [-0.05, 0) is 85.7 Å². The molecule has 0 spiro atoms. The van der Waals surface area contributed by atoms with E-state index in [1.807, 2.05) is 6.07 Å². The molecule has 3 heterocycles. The smallest absolute Gasteiger partial charge is 0.320 e. The normalized spacial score (nSPS) is 24.9. The first kappa shape index (κ1) is 26.8. The number of carbonyl (C=O) groups is 1. The summed E-state index contributed by atoms with van der Waals surface area (Å²) in [6.07, 6.45) is 5.59. The van der Waals surface area contributed by atoms with E-state index >= 15 is 0 Å². The molecule has 202 valence electrons. The third kappa shape index (κ3) is 6.80. The van der Waals surface area contributed by atoms with Gasteiger partial charge in [-0.15, -0.1) is 11.3 Å². The first-order valence-electron chi connectivity index (χ1n) is 13.5. The largest absolute Gasteiger partial charge is 0.480 e. The Balaban J connectivity index is 1.20. The van der Waals surface area contributed by atoms with Crippen LogP contribution in [0.2, 0.25) is 0 Å². The summed E-state index contributed by atoms with van der Waals surface area (Å²) in [7, 11) is -3.19. The SMILES string of the molecule is O=C(O)[C@H](CC1CC1)N1C[C@H](CN2CCC(CCS(=O)(=O)c3cccs3)CC2)[C@@H](c2cccc(F)c2)C1. The summed E-state index contributed by atoms with van der Waals surface area (Å²) >= 11 is 1.28. The van der Waals surface area contributed by atoms with Crippen LogP contribution >= 0.6 is 11.3 Å². The lowest BCUT2D eigenvalue weighted by molar-refractivity contribution is -0.143. The lowest BCUT2D eigenvalue weighted by Gasteiger charge is -2.34. The van der Waals surface area contributed by atoms with E-state index in [0.717, 1.165) is 50.9 Å². The molecule has 1 aromatic heterocycles. The molecule has 2 saturated heterocycles. The molecule has 0 unspecified atom stereocenters. The van der Waals surface area contributed by atoms with E-state index in [2.05, 4.69) is 9.80 Å². The Hall–Kier alpha value is -1.81. The van der Waals surface area contributed by atoms with Crippen LogP contribution in [0.25, 0.3) is 0 Å². The summed E-state index contributed by atoms with van der Waals surface area (Å²) in [6, 6.07) is 9.79. The average molecular weight is 549 g/mol. The predicted molar refractivity (Wildman–Crippen MR) is 143 cm³/mol. The van der Waals surface area contributed by atoms with Gasteiger partial charge < -0.3 is 10.0 Å². The molecular formula is C28H37FN2O4S2. The number of likely N-dealkylation sites (tertiary alicyclic amines) is 2. The summed E-state index contributed by atoms with van der Waals surface area (Å²) in [6.45, 7) is 4.05. The molecule has 0 bridgehead atoms. The Kier molecular flexibility index (Phi) is 8.34. The highest BCUT2D eigenvalue weighted by Gasteiger charge is 2.42. The molecular weight excluding hydrogens is 511 g/mol. The van der Waals surface area contributed by atoms with E-state index in [1.165, 1.54) is 17.4 Å². The topological polar surface area (TPSA) is 77.9 Å². The molecule has 1 aromatic carbocycles. The zero-order valence-corrected chi connectivity index (χ0v) is 22.8. The van der Waals surface area contributed by atoms with Gasteiger partial charge in [0.05, 0.1) is 5.75 Å². The van der Waals surface area contributed by atoms with Crippen LogP contribution in [0, 0.1) is 23.6 Å². The quantitative estimate of drug-likeness (QED) is 0.438. The molecule has 1 N–H and O–H groups in total. The Morgan fingerprint density at radius 2 is 1.86 bits per heavy atom. The molecule has 0 amide bonds. The van der Waals surface area contributed by atoms with Crippen LogP contribution in [0.1, 0.15) is 50.0 Å². The molecule has 6 nitrogen and oxygen atoms in total. The molecule has 9 heteroatoms. The van der Waals surface area contributed by atoms with Crippen molar-refractivity contribution >= 4 is 27.1 Å². The molecule has 3 atom stereocenters. The van der Waals surface area contributed by atoms with Crippen molar-refractivity contribution in [3.63, 3.8) is 0 Å². The first-order chi connectivity index (χ1) is 17.8. The van der Waals surface area contributed by atoms with E-state index in [4.69, 9.17) is 0 Å². The van der Waals surface area contributed by atoms with Crippen LogP contribution in [0.3, 0.4) is 0 Å². The number of halogens is 1. The second-order valence-electron chi connectivity index (χ2n) is 11.2. The highest BCUT2D eigenvalue weighted by Crippen LogP contribution is 2.39. The minimum Gasteiger partial charge on any atom is -0.480 e. The van der Waals surface area contributed by atoms with Gasteiger partial charge in [-0.25, -0.2) is 12.8 Å². The number of carboxylic acid groups (broad SMARTS) is 1. The average Bonchev–Trinajstić information content (AvgIpc) is 3.34. The third-order valence-electron chi connectivity index (χ3n) is 8.52. The highest BCUT2D eigenvalue weighted by molar-refractivity contribution is 7.93. The van der Waals surface area contributed by atoms with Gasteiger partial charge in [0.15, 0.2) is 9.84 Å². The maximum absolute atomic E-state index is 14.1. The van der Waals surface area contributed by atoms with E-state index in [-0.39, 0.29) is 23.4 Å². The number of hydrogen-bond acceptors (Lipinski definition) is 6. The van der Waals surface area contributed by atoms with Crippen LogP contribution in [0.4, 0.5) is 4.39 Å². The monoisotopic (exact) mass is 548 g/mol. The summed E-state index contributed by atoms with van der Waals surface area (Å²) < 4.78 is 39.7. The number of aliphatic carboxylic acids is 1. The van der Waals surface area contributed by atoms with Gasteiger partial charge in [0.2, 0.25) is 0 Å². The van der Waals surface area contributed by atoms with E-state index in [0.29, 0.717) is 42.0 Å². The third-order valence-corrected chi connectivity index (χ3v) is 11.8. The van der Waals surface area contributed by atoms with Crippen molar-refractivity contribution in [2.24, 2.45) is 17.8 Å². The molecule has 2 aromatic rings. The van der Waals surface area contributed by atoms with Gasteiger partial charge in [-0.1, -0.05) is 31.0 Å². The molecule has 0 radical (unpaired) electrons. The summed E-state index contributed by atoms with van der Waals surface area (Å²) in [5.41, 5.74) is 0.955. The van der Waals surface area contributed by atoms with Gasteiger partial charge in [-0.2, -0.15) is 0 Å².